The maximum Gasteiger partial charge on any atom is 0.352 e. The van der Waals surface area contributed by atoms with Gasteiger partial charge in [-0.2, -0.15) is 0 Å². The molecule has 0 aliphatic heterocycles. The highest BCUT2D eigenvalue weighted by Gasteiger charge is 2.19. The van der Waals surface area contributed by atoms with E-state index in [1.807, 2.05) is 36.6 Å². The van der Waals surface area contributed by atoms with Crippen molar-refractivity contribution in [2.24, 2.45) is 0 Å². The van der Waals surface area contributed by atoms with Crippen LogP contribution in [0.25, 0.3) is 10.9 Å². The van der Waals surface area contributed by atoms with Gasteiger partial charge >= 0.3 is 5.97 Å². The van der Waals surface area contributed by atoms with Crippen molar-refractivity contribution in [2.75, 3.05) is 0 Å². The minimum Gasteiger partial charge on any atom is -0.477 e. The molecule has 0 saturated heterocycles. The second-order valence-corrected chi connectivity index (χ2v) is 4.15. The van der Waals surface area contributed by atoms with Gasteiger partial charge in [-0.3, -0.25) is 0 Å². The van der Waals surface area contributed by atoms with Gasteiger partial charge in [0.2, 0.25) is 0 Å². The van der Waals surface area contributed by atoms with Crippen LogP contribution in [0.2, 0.25) is 0 Å². The first-order valence-corrected chi connectivity index (χ1v) is 5.50. The number of carboxylic acid groups (broad SMARTS) is 1. The van der Waals surface area contributed by atoms with Gasteiger partial charge in [-0.15, -0.1) is 6.58 Å². The van der Waals surface area contributed by atoms with Gasteiger partial charge in [-0.1, -0.05) is 24.3 Å². The third-order valence-electron chi connectivity index (χ3n) is 3.05. The molecule has 0 atom stereocenters. The molecule has 0 spiro atoms. The number of aromatic carboxylic acids is 1. The van der Waals surface area contributed by atoms with Gasteiger partial charge in [0, 0.05) is 11.9 Å². The lowest BCUT2D eigenvalue weighted by atomic mass is 10.1. The zero-order chi connectivity index (χ0) is 12.6. The summed E-state index contributed by atoms with van der Waals surface area (Å²) in [6.07, 6.45) is 1.72. The van der Waals surface area contributed by atoms with Crippen LogP contribution < -0.4 is 0 Å². The number of rotatable bonds is 3. The minimum atomic E-state index is -0.889. The highest BCUT2D eigenvalue weighted by Crippen LogP contribution is 2.28. The van der Waals surface area contributed by atoms with Crippen LogP contribution in [0, 0.1) is 13.8 Å². The van der Waals surface area contributed by atoms with E-state index in [0.29, 0.717) is 12.2 Å². The van der Waals surface area contributed by atoms with Crippen LogP contribution in [0.15, 0.2) is 30.9 Å². The Labute approximate surface area is 100.0 Å². The highest BCUT2D eigenvalue weighted by molar-refractivity contribution is 5.99. The number of nitrogens with zero attached hydrogens (tertiary/aromatic N) is 1. The van der Waals surface area contributed by atoms with Crippen LogP contribution in [-0.2, 0) is 6.54 Å². The van der Waals surface area contributed by atoms with E-state index >= 15 is 0 Å². The number of para-hydroxylation sites is 1. The molecule has 0 bridgehead atoms. The van der Waals surface area contributed by atoms with Gasteiger partial charge in [0.05, 0.1) is 5.52 Å². The molecule has 0 amide bonds. The summed E-state index contributed by atoms with van der Waals surface area (Å²) < 4.78 is 1.81. The normalized spacial score (nSPS) is 10.7. The van der Waals surface area contributed by atoms with Gasteiger partial charge in [-0.25, -0.2) is 4.79 Å². The Morgan fingerprint density at radius 3 is 2.76 bits per heavy atom. The van der Waals surface area contributed by atoms with Crippen LogP contribution in [-0.4, -0.2) is 15.6 Å². The van der Waals surface area contributed by atoms with Crippen molar-refractivity contribution in [2.45, 2.75) is 20.4 Å². The number of allylic oxidation sites excluding steroid dienone is 1. The fourth-order valence-electron chi connectivity index (χ4n) is 2.35. The summed E-state index contributed by atoms with van der Waals surface area (Å²) in [6.45, 7) is 8.04. The molecule has 1 aromatic heterocycles. The molecule has 0 aliphatic carbocycles. The third-order valence-corrected chi connectivity index (χ3v) is 3.05. The smallest absolute Gasteiger partial charge is 0.352 e. The molecular formula is C14H15NO2. The molecule has 2 aromatic rings. The summed E-state index contributed by atoms with van der Waals surface area (Å²) in [4.78, 5) is 11.3. The van der Waals surface area contributed by atoms with Crippen molar-refractivity contribution in [3.8, 4) is 0 Å². The van der Waals surface area contributed by atoms with Crippen LogP contribution in [0.4, 0.5) is 0 Å². The Morgan fingerprint density at radius 2 is 2.18 bits per heavy atom. The molecule has 1 heterocycles. The van der Waals surface area contributed by atoms with E-state index in [1.54, 1.807) is 6.08 Å². The number of carboxylic acids is 1. The van der Waals surface area contributed by atoms with Gasteiger partial charge in [0.1, 0.15) is 5.69 Å². The maximum atomic E-state index is 11.3. The minimum absolute atomic E-state index is 0.356. The van der Waals surface area contributed by atoms with E-state index in [2.05, 4.69) is 6.58 Å². The van der Waals surface area contributed by atoms with Crippen LogP contribution >= 0.6 is 0 Å². The molecule has 2 rings (SSSR count). The Kier molecular flexibility index (Phi) is 2.76. The molecule has 3 heteroatoms. The van der Waals surface area contributed by atoms with E-state index in [-0.39, 0.29) is 0 Å². The van der Waals surface area contributed by atoms with Gasteiger partial charge in [0.25, 0.3) is 0 Å². The first kappa shape index (κ1) is 11.5. The second kappa shape index (κ2) is 4.09. The van der Waals surface area contributed by atoms with Crippen molar-refractivity contribution >= 4 is 16.9 Å². The standard InChI is InChI=1S/C14H15NO2/c1-4-8-15-12-9(2)6-5-7-11(12)10(3)13(15)14(16)17/h4-7H,1,8H2,2-3H3,(H,16,17). The highest BCUT2D eigenvalue weighted by atomic mass is 16.4. The van der Waals surface area contributed by atoms with Crippen LogP contribution in [0.3, 0.4) is 0 Å². The number of hydrogen-bond acceptors (Lipinski definition) is 1. The fourth-order valence-corrected chi connectivity index (χ4v) is 2.35. The molecule has 1 aromatic carbocycles. The zero-order valence-corrected chi connectivity index (χ0v) is 10.0. The number of hydrogen-bond donors (Lipinski definition) is 1. The molecular weight excluding hydrogens is 214 g/mol. The van der Waals surface area contributed by atoms with E-state index in [4.69, 9.17) is 0 Å². The number of aryl methyl sites for hydroxylation is 2. The lowest BCUT2D eigenvalue weighted by Crippen LogP contribution is -2.09. The van der Waals surface area contributed by atoms with Crippen LogP contribution in [0.5, 0.6) is 0 Å². The Hall–Kier alpha value is -2.03. The van der Waals surface area contributed by atoms with Crippen molar-refractivity contribution in [1.29, 1.82) is 0 Å². The first-order valence-electron chi connectivity index (χ1n) is 5.50. The maximum absolute atomic E-state index is 11.3. The van der Waals surface area contributed by atoms with Gasteiger partial charge in [-0.05, 0) is 25.0 Å². The molecule has 17 heavy (non-hydrogen) atoms. The second-order valence-electron chi connectivity index (χ2n) is 4.15. The average Bonchev–Trinajstić information content (AvgIpc) is 2.54. The number of benzene rings is 1. The molecule has 0 unspecified atom stereocenters. The number of aromatic nitrogens is 1. The lowest BCUT2D eigenvalue weighted by molar-refractivity contribution is 0.0685. The predicted octanol–water partition coefficient (Wildman–Crippen LogP) is 3.14. The van der Waals surface area contributed by atoms with Crippen molar-refractivity contribution in [3.05, 3.63) is 47.7 Å². The summed E-state index contributed by atoms with van der Waals surface area (Å²) in [6, 6.07) is 5.91. The summed E-state index contributed by atoms with van der Waals surface area (Å²) in [5, 5.41) is 10.3. The van der Waals surface area contributed by atoms with E-state index in [9.17, 15) is 9.90 Å². The third kappa shape index (κ3) is 1.64. The van der Waals surface area contributed by atoms with Crippen LogP contribution in [0.1, 0.15) is 21.6 Å². The summed E-state index contributed by atoms with van der Waals surface area (Å²) in [5.41, 5.74) is 3.24. The van der Waals surface area contributed by atoms with Crippen molar-refractivity contribution < 1.29 is 9.90 Å². The predicted molar refractivity (Wildman–Crippen MR) is 68.6 cm³/mol. The quantitative estimate of drug-likeness (QED) is 0.821. The topological polar surface area (TPSA) is 42.2 Å². The lowest BCUT2D eigenvalue weighted by Gasteiger charge is -2.06. The Morgan fingerprint density at radius 1 is 1.47 bits per heavy atom. The average molecular weight is 229 g/mol. The molecule has 1 N–H and O–H groups in total. The molecule has 0 aliphatic rings. The monoisotopic (exact) mass is 229 g/mol. The molecule has 0 saturated carbocycles. The fraction of sp³-hybridized carbons (Fsp3) is 0.214. The summed E-state index contributed by atoms with van der Waals surface area (Å²) in [7, 11) is 0. The Bertz CT molecular complexity index is 608. The van der Waals surface area contributed by atoms with Crippen molar-refractivity contribution in [1.82, 2.24) is 4.57 Å². The number of fused-ring (bicyclic) bond motifs is 1. The summed E-state index contributed by atoms with van der Waals surface area (Å²) >= 11 is 0. The molecule has 88 valence electrons. The SMILES string of the molecule is C=CCn1c(C(=O)O)c(C)c2cccc(C)c21. The number of carbonyl (C=O) groups is 1. The Balaban J connectivity index is 2.93. The van der Waals surface area contributed by atoms with Crippen molar-refractivity contribution in [3.63, 3.8) is 0 Å². The summed E-state index contributed by atoms with van der Waals surface area (Å²) in [5.74, 6) is -0.889. The van der Waals surface area contributed by atoms with Gasteiger partial charge < -0.3 is 9.67 Å². The largest absolute Gasteiger partial charge is 0.477 e. The molecule has 0 radical (unpaired) electrons. The molecule has 3 nitrogen and oxygen atoms in total. The zero-order valence-electron chi connectivity index (χ0n) is 10.0. The first-order chi connectivity index (χ1) is 8.07. The molecule has 0 fully saturated rings. The van der Waals surface area contributed by atoms with E-state index in [0.717, 1.165) is 22.0 Å². The van der Waals surface area contributed by atoms with Gasteiger partial charge in [0.15, 0.2) is 0 Å². The van der Waals surface area contributed by atoms with E-state index in [1.165, 1.54) is 0 Å². The van der Waals surface area contributed by atoms with E-state index < -0.39 is 5.97 Å².